The Hall–Kier alpha value is -3.90. The summed E-state index contributed by atoms with van der Waals surface area (Å²) in [5.41, 5.74) is 4.70. The first-order valence-corrected chi connectivity index (χ1v) is 7.92. The molecule has 0 atom stereocenters. The first-order chi connectivity index (χ1) is 14.8. The van der Waals surface area contributed by atoms with Gasteiger partial charge in [-0.3, -0.25) is 9.59 Å². The molecule has 16 heteroatoms. The number of hydrogen-bond donors (Lipinski definition) is 2. The first kappa shape index (κ1) is 24.4. The van der Waals surface area contributed by atoms with E-state index in [0.717, 1.165) is 0 Å². The van der Waals surface area contributed by atoms with Crippen molar-refractivity contribution in [1.82, 2.24) is 0 Å². The van der Waals surface area contributed by atoms with Gasteiger partial charge in [0.2, 0.25) is 23.3 Å². The molecule has 0 aromatic heterocycles. The molecule has 0 heterocycles. The Morgan fingerprint density at radius 2 is 0.844 bits per heavy atom. The van der Waals surface area contributed by atoms with E-state index < -0.39 is 93.6 Å². The Morgan fingerprint density at radius 3 is 1.00 bits per heavy atom. The minimum absolute atomic E-state index is 1.90. The Balaban J connectivity index is 2.80. The van der Waals surface area contributed by atoms with Gasteiger partial charge in [0.25, 0.3) is 0 Å². The van der Waals surface area contributed by atoms with Gasteiger partial charge in [0, 0.05) is 0 Å². The van der Waals surface area contributed by atoms with Gasteiger partial charge in [-0.25, -0.2) is 17.6 Å². The molecule has 0 bridgehead atoms. The number of nitrogens with zero attached hydrogens (tertiary/aromatic N) is 4. The fourth-order valence-corrected chi connectivity index (χ4v) is 3.13. The Morgan fingerprint density at radius 1 is 0.625 bits per heavy atom. The highest BCUT2D eigenvalue weighted by atomic mass is 19.2. The molecular weight excluding hydrogens is 464 g/mol. The smallest absolute Gasteiger partial charge is 0.391 e. The van der Waals surface area contributed by atoms with Crippen LogP contribution in [0.3, 0.4) is 0 Å². The molecule has 2 aliphatic carbocycles. The molecule has 2 rings (SSSR count). The lowest BCUT2D eigenvalue weighted by atomic mass is 9.69. The average Bonchev–Trinajstić information content (AvgIpc) is 2.73. The van der Waals surface area contributed by atoms with Crippen LogP contribution >= 0.6 is 0 Å². The highest BCUT2D eigenvalue weighted by Crippen LogP contribution is 2.55. The fourth-order valence-electron chi connectivity index (χ4n) is 3.13. The quantitative estimate of drug-likeness (QED) is 0.357. The predicted octanol–water partition coefficient (Wildman–Crippen LogP) is 3.88. The Bertz CT molecular complexity index is 1040. The van der Waals surface area contributed by atoms with Crippen LogP contribution in [0, 0.1) is 10.8 Å². The average molecular weight is 470 g/mol. The topological polar surface area (TPSA) is 147 Å². The van der Waals surface area contributed by atoms with Crippen molar-refractivity contribution in [3.05, 3.63) is 57.7 Å². The maximum atomic E-state index is 14.5. The number of hydrogen-bond acceptors (Lipinski definition) is 2. The zero-order chi connectivity index (χ0) is 24.8. The lowest BCUT2D eigenvalue weighted by Crippen LogP contribution is -2.43. The summed E-state index contributed by atoms with van der Waals surface area (Å²) in [5.74, 6) is -26.5. The van der Waals surface area contributed by atoms with Crippen LogP contribution in [0.4, 0.5) is 35.1 Å². The summed E-state index contributed by atoms with van der Waals surface area (Å²) in [5, 5.41) is 18.5. The van der Waals surface area contributed by atoms with Gasteiger partial charge in [0.15, 0.2) is 34.1 Å². The van der Waals surface area contributed by atoms with E-state index in [4.69, 9.17) is 11.1 Å². The van der Waals surface area contributed by atoms with E-state index in [2.05, 4.69) is 0 Å². The van der Waals surface area contributed by atoms with E-state index in [9.17, 15) is 54.9 Å². The second kappa shape index (κ2) is 7.98. The molecule has 2 aliphatic rings. The third kappa shape index (κ3) is 2.92. The molecule has 0 unspecified atom stereocenters. The zero-order valence-corrected chi connectivity index (χ0v) is 14.9. The largest absolute Gasteiger partial charge is 0.480 e. The summed E-state index contributed by atoms with van der Waals surface area (Å²) in [6.07, 6.45) is -4.03. The number of allylic oxidation sites excluding steroid dienone is 4. The van der Waals surface area contributed by atoms with Crippen molar-refractivity contribution in [2.45, 2.75) is 12.8 Å². The molecule has 8 nitrogen and oxygen atoms in total. The van der Waals surface area contributed by atoms with Crippen LogP contribution in [0.2, 0.25) is 0 Å². The van der Waals surface area contributed by atoms with E-state index in [1.54, 1.807) is 0 Å². The van der Waals surface area contributed by atoms with Crippen LogP contribution in [0.5, 0.6) is 0 Å². The van der Waals surface area contributed by atoms with Gasteiger partial charge in [-0.15, -0.1) is 0 Å². The normalized spacial score (nSPS) is 26.5. The molecule has 0 fully saturated rings. The Labute approximate surface area is 170 Å². The Kier molecular flexibility index (Phi) is 6.08. The third-order valence-electron chi connectivity index (χ3n) is 4.91. The zero-order valence-electron chi connectivity index (χ0n) is 14.9. The summed E-state index contributed by atoms with van der Waals surface area (Å²) in [7, 11) is 0. The molecule has 2 N–H and O–H groups in total. The second-order valence-corrected chi connectivity index (χ2v) is 6.33. The molecule has 0 aliphatic heterocycles. The molecule has 0 aromatic carbocycles. The monoisotopic (exact) mass is 470 g/mol. The minimum Gasteiger partial charge on any atom is -0.480 e. The molecule has 0 saturated carbocycles. The molecule has 170 valence electrons. The lowest BCUT2D eigenvalue weighted by Gasteiger charge is -2.33. The number of halogens is 8. The van der Waals surface area contributed by atoms with E-state index in [1.807, 2.05) is 9.58 Å². The molecular formula is C16H6F8N4O4. The van der Waals surface area contributed by atoms with Crippen LogP contribution in [-0.4, -0.2) is 43.2 Å². The van der Waals surface area contributed by atoms with Crippen LogP contribution < -0.4 is 0 Å². The number of aliphatic carboxylic acids is 2. The van der Waals surface area contributed by atoms with Crippen molar-refractivity contribution >= 4 is 23.4 Å². The van der Waals surface area contributed by atoms with Gasteiger partial charge in [-0.1, -0.05) is 0 Å². The van der Waals surface area contributed by atoms with Crippen LogP contribution in [0.1, 0.15) is 12.8 Å². The minimum atomic E-state index is -4.09. The van der Waals surface area contributed by atoms with Gasteiger partial charge >= 0.3 is 23.4 Å². The summed E-state index contributed by atoms with van der Waals surface area (Å²) >= 11 is 0. The van der Waals surface area contributed by atoms with Crippen molar-refractivity contribution in [2.75, 3.05) is 0 Å². The molecule has 0 amide bonds. The van der Waals surface area contributed by atoms with Crippen LogP contribution in [0.15, 0.2) is 46.6 Å². The fraction of sp³-hybridized carbons (Fsp3) is 0.250. The van der Waals surface area contributed by atoms with Crippen LogP contribution in [-0.2, 0) is 9.59 Å². The van der Waals surface area contributed by atoms with Gasteiger partial charge in [-0.05, 0) is 12.8 Å². The molecule has 0 aromatic rings. The van der Waals surface area contributed by atoms with Crippen molar-refractivity contribution in [1.29, 1.82) is 0 Å². The van der Waals surface area contributed by atoms with Gasteiger partial charge in [-0.2, -0.15) is 27.1 Å². The number of rotatable bonds is 5. The molecule has 0 radical (unpaired) electrons. The van der Waals surface area contributed by atoms with E-state index in [-0.39, 0.29) is 0 Å². The molecule has 32 heavy (non-hydrogen) atoms. The number of carboxylic acid groups (broad SMARTS) is 2. The summed E-state index contributed by atoms with van der Waals surface area (Å²) in [6, 6.07) is 0. The summed E-state index contributed by atoms with van der Waals surface area (Å²) < 4.78 is 114. The van der Waals surface area contributed by atoms with Crippen molar-refractivity contribution in [2.24, 2.45) is 10.8 Å². The van der Waals surface area contributed by atoms with Crippen molar-refractivity contribution < 1.29 is 64.5 Å². The lowest BCUT2D eigenvalue weighted by molar-refractivity contribution is -0.151. The highest BCUT2D eigenvalue weighted by Gasteiger charge is 2.63. The second-order valence-electron chi connectivity index (χ2n) is 6.33. The number of carbonyl (C=O) groups is 2. The SMILES string of the molecule is [N-]=[N+]=C1C(F)=C(F)C(CCC2(C(=O)O)C(F)=C(F)C(=[N+]=[N-])C(F)=C2F)(C(=O)O)C(F)=C1F. The predicted molar refractivity (Wildman–Crippen MR) is 83.6 cm³/mol. The van der Waals surface area contributed by atoms with E-state index in [0.29, 0.717) is 0 Å². The van der Waals surface area contributed by atoms with Crippen molar-refractivity contribution in [3.8, 4) is 0 Å². The third-order valence-corrected chi connectivity index (χ3v) is 4.91. The van der Waals surface area contributed by atoms with Gasteiger partial charge < -0.3 is 21.3 Å². The van der Waals surface area contributed by atoms with Crippen molar-refractivity contribution in [3.63, 3.8) is 0 Å². The van der Waals surface area contributed by atoms with Gasteiger partial charge in [0.1, 0.15) is 0 Å². The van der Waals surface area contributed by atoms with E-state index >= 15 is 0 Å². The van der Waals surface area contributed by atoms with E-state index in [1.165, 1.54) is 0 Å². The molecule has 0 saturated heterocycles. The number of carboxylic acids is 2. The first-order valence-electron chi connectivity index (χ1n) is 7.92. The standard InChI is InChI=1S/C16H6F8N4O4/c17-3-7(27-25)4(18)10(22)15(9(3)21,13(29)30)1-2-16(14(31)32)11(23)5(19)8(28-26)6(20)12(16)24/h1-2H2,(H,29,30)(H,31,32). The van der Waals surface area contributed by atoms with Gasteiger partial charge in [0.05, 0.1) is 0 Å². The molecule has 0 spiro atoms. The highest BCUT2D eigenvalue weighted by molar-refractivity contribution is 6.10. The maximum absolute atomic E-state index is 14.5. The summed E-state index contributed by atoms with van der Waals surface area (Å²) in [4.78, 5) is 27.0. The maximum Gasteiger partial charge on any atom is 0.391 e. The van der Waals surface area contributed by atoms with Crippen LogP contribution in [0.25, 0.3) is 11.1 Å². The summed E-state index contributed by atoms with van der Waals surface area (Å²) in [6.45, 7) is 0.